The molecule has 1 rings (SSSR count). The zero-order chi connectivity index (χ0) is 13.8. The molecule has 0 radical (unpaired) electrons. The summed E-state index contributed by atoms with van der Waals surface area (Å²) in [5.74, 6) is 0.882. The molecular formula is C15H22BrClO. The molecule has 1 aromatic carbocycles. The first-order valence-electron chi connectivity index (χ1n) is 6.40. The van der Waals surface area contributed by atoms with Crippen LogP contribution in [0.3, 0.4) is 0 Å². The van der Waals surface area contributed by atoms with Gasteiger partial charge in [0.1, 0.15) is 5.75 Å². The molecule has 1 aromatic rings. The maximum Gasteiger partial charge on any atom is 0.120 e. The van der Waals surface area contributed by atoms with Crippen molar-refractivity contribution in [2.75, 3.05) is 6.61 Å². The Morgan fingerprint density at radius 2 is 2.00 bits per heavy atom. The van der Waals surface area contributed by atoms with Gasteiger partial charge in [-0.3, -0.25) is 0 Å². The van der Waals surface area contributed by atoms with E-state index in [4.69, 9.17) is 16.3 Å². The van der Waals surface area contributed by atoms with Crippen LogP contribution in [0.5, 0.6) is 5.75 Å². The van der Waals surface area contributed by atoms with Crippen LogP contribution >= 0.6 is 27.5 Å². The molecule has 1 unspecified atom stereocenters. The number of alkyl halides is 1. The van der Waals surface area contributed by atoms with Gasteiger partial charge in [0.15, 0.2) is 0 Å². The van der Waals surface area contributed by atoms with Gasteiger partial charge in [0, 0.05) is 4.47 Å². The fourth-order valence-corrected chi connectivity index (χ4v) is 2.80. The third kappa shape index (κ3) is 5.19. The molecule has 1 nitrogen and oxygen atoms in total. The highest BCUT2D eigenvalue weighted by Crippen LogP contribution is 2.36. The van der Waals surface area contributed by atoms with Gasteiger partial charge >= 0.3 is 0 Å². The van der Waals surface area contributed by atoms with Crippen LogP contribution in [0.15, 0.2) is 22.7 Å². The van der Waals surface area contributed by atoms with E-state index in [-0.39, 0.29) is 5.38 Å². The highest BCUT2D eigenvalue weighted by Gasteiger charge is 2.17. The van der Waals surface area contributed by atoms with E-state index < -0.39 is 0 Å². The smallest absolute Gasteiger partial charge is 0.120 e. The summed E-state index contributed by atoms with van der Waals surface area (Å²) in [5, 5.41) is 0.0503. The number of ether oxygens (including phenoxy) is 1. The standard InChI is InChI=1S/C15H22BrClO/c1-5-18-11-6-7-12(13(16)10-11)14(17)8-9-15(2,3)4/h6-7,10,14H,5,8-9H2,1-4H3. The van der Waals surface area contributed by atoms with E-state index in [1.807, 2.05) is 19.1 Å². The van der Waals surface area contributed by atoms with Gasteiger partial charge < -0.3 is 4.74 Å². The molecule has 0 bridgehead atoms. The Labute approximate surface area is 124 Å². The number of halogens is 2. The molecule has 0 saturated carbocycles. The van der Waals surface area contributed by atoms with Crippen LogP contribution in [0.25, 0.3) is 0 Å². The molecule has 0 N–H and O–H groups in total. The van der Waals surface area contributed by atoms with Crippen LogP contribution in [-0.4, -0.2) is 6.61 Å². The maximum absolute atomic E-state index is 6.48. The van der Waals surface area contributed by atoms with Crippen LogP contribution in [-0.2, 0) is 0 Å². The summed E-state index contributed by atoms with van der Waals surface area (Å²) in [6.07, 6.45) is 2.10. The van der Waals surface area contributed by atoms with E-state index >= 15 is 0 Å². The van der Waals surface area contributed by atoms with Gasteiger partial charge in [0.05, 0.1) is 12.0 Å². The summed E-state index contributed by atoms with van der Waals surface area (Å²) >= 11 is 10.0. The average molecular weight is 334 g/mol. The Morgan fingerprint density at radius 1 is 1.33 bits per heavy atom. The van der Waals surface area contributed by atoms with Crippen molar-refractivity contribution < 1.29 is 4.74 Å². The topological polar surface area (TPSA) is 9.23 Å². The van der Waals surface area contributed by atoms with Crippen molar-refractivity contribution in [2.24, 2.45) is 5.41 Å². The zero-order valence-corrected chi connectivity index (χ0v) is 13.9. The molecule has 3 heteroatoms. The van der Waals surface area contributed by atoms with Crippen molar-refractivity contribution in [1.82, 2.24) is 0 Å². The molecular weight excluding hydrogens is 312 g/mol. The Balaban J connectivity index is 2.71. The van der Waals surface area contributed by atoms with Gasteiger partial charge in [-0.2, -0.15) is 0 Å². The fraction of sp³-hybridized carbons (Fsp3) is 0.600. The summed E-state index contributed by atoms with van der Waals surface area (Å²) in [6, 6.07) is 6.02. The van der Waals surface area contributed by atoms with Gasteiger partial charge in [-0.15, -0.1) is 11.6 Å². The van der Waals surface area contributed by atoms with E-state index in [1.54, 1.807) is 0 Å². The van der Waals surface area contributed by atoms with E-state index in [9.17, 15) is 0 Å². The minimum Gasteiger partial charge on any atom is -0.494 e. The predicted molar refractivity (Wildman–Crippen MR) is 82.6 cm³/mol. The second kappa shape index (κ2) is 6.81. The van der Waals surface area contributed by atoms with Crippen molar-refractivity contribution in [2.45, 2.75) is 45.9 Å². The first-order valence-corrected chi connectivity index (χ1v) is 7.63. The lowest BCUT2D eigenvalue weighted by Gasteiger charge is -2.20. The lowest BCUT2D eigenvalue weighted by Crippen LogP contribution is -2.06. The monoisotopic (exact) mass is 332 g/mol. The molecule has 1 atom stereocenters. The summed E-state index contributed by atoms with van der Waals surface area (Å²) in [4.78, 5) is 0. The largest absolute Gasteiger partial charge is 0.494 e. The number of benzene rings is 1. The first-order chi connectivity index (χ1) is 8.33. The summed E-state index contributed by atoms with van der Waals surface area (Å²) in [6.45, 7) is 9.38. The van der Waals surface area contributed by atoms with Crippen LogP contribution in [0.2, 0.25) is 0 Å². The predicted octanol–water partition coefficient (Wildman–Crippen LogP) is 5.95. The van der Waals surface area contributed by atoms with Gasteiger partial charge in [-0.25, -0.2) is 0 Å². The van der Waals surface area contributed by atoms with Crippen LogP contribution in [0.1, 0.15) is 51.5 Å². The highest BCUT2D eigenvalue weighted by molar-refractivity contribution is 9.10. The van der Waals surface area contributed by atoms with E-state index in [2.05, 4.69) is 42.8 Å². The number of hydrogen-bond donors (Lipinski definition) is 0. The Bertz CT molecular complexity index is 385. The van der Waals surface area contributed by atoms with Gasteiger partial charge in [0.2, 0.25) is 0 Å². The lowest BCUT2D eigenvalue weighted by atomic mass is 9.89. The first kappa shape index (κ1) is 15.8. The Morgan fingerprint density at radius 3 is 2.50 bits per heavy atom. The maximum atomic E-state index is 6.48. The van der Waals surface area contributed by atoms with Crippen molar-refractivity contribution in [1.29, 1.82) is 0 Å². The quantitative estimate of drug-likeness (QED) is 0.605. The molecule has 0 aromatic heterocycles. The van der Waals surface area contributed by atoms with Gasteiger partial charge in [0.25, 0.3) is 0 Å². The molecule has 0 heterocycles. The van der Waals surface area contributed by atoms with Crippen molar-refractivity contribution >= 4 is 27.5 Å². The molecule has 102 valence electrons. The summed E-state index contributed by atoms with van der Waals surface area (Å²) in [5.41, 5.74) is 1.47. The van der Waals surface area contributed by atoms with Crippen LogP contribution in [0, 0.1) is 5.41 Å². The molecule has 0 saturated heterocycles. The van der Waals surface area contributed by atoms with Crippen LogP contribution < -0.4 is 4.74 Å². The average Bonchev–Trinajstić information content (AvgIpc) is 2.25. The molecule has 0 spiro atoms. The third-order valence-electron chi connectivity index (χ3n) is 2.77. The fourth-order valence-electron chi connectivity index (χ4n) is 1.73. The van der Waals surface area contributed by atoms with Gasteiger partial charge in [-0.05, 0) is 42.9 Å². The molecule has 0 amide bonds. The minimum absolute atomic E-state index is 0.0503. The minimum atomic E-state index is 0.0503. The normalized spacial score (nSPS) is 13.4. The SMILES string of the molecule is CCOc1ccc(C(Cl)CCC(C)(C)C)c(Br)c1. The molecule has 18 heavy (non-hydrogen) atoms. The van der Waals surface area contributed by atoms with E-state index in [0.717, 1.165) is 28.6 Å². The van der Waals surface area contributed by atoms with Gasteiger partial charge in [-0.1, -0.05) is 42.8 Å². The Kier molecular flexibility index (Phi) is 6.00. The van der Waals surface area contributed by atoms with Crippen molar-refractivity contribution in [3.63, 3.8) is 0 Å². The molecule has 0 aliphatic rings. The molecule has 0 aliphatic heterocycles. The summed E-state index contributed by atoms with van der Waals surface area (Å²) < 4.78 is 6.49. The second-order valence-corrected chi connectivity index (χ2v) is 7.06. The number of rotatable bonds is 5. The lowest BCUT2D eigenvalue weighted by molar-refractivity contribution is 0.339. The van der Waals surface area contributed by atoms with Crippen molar-refractivity contribution in [3.05, 3.63) is 28.2 Å². The van der Waals surface area contributed by atoms with E-state index in [1.165, 1.54) is 0 Å². The molecule has 0 aliphatic carbocycles. The molecule has 0 fully saturated rings. The van der Waals surface area contributed by atoms with Crippen molar-refractivity contribution in [3.8, 4) is 5.75 Å². The second-order valence-electron chi connectivity index (χ2n) is 5.68. The summed E-state index contributed by atoms with van der Waals surface area (Å²) in [7, 11) is 0. The number of hydrogen-bond acceptors (Lipinski definition) is 1. The highest BCUT2D eigenvalue weighted by atomic mass is 79.9. The van der Waals surface area contributed by atoms with Crippen LogP contribution in [0.4, 0.5) is 0 Å². The third-order valence-corrected chi connectivity index (χ3v) is 3.91. The Hall–Kier alpha value is -0.210. The van der Waals surface area contributed by atoms with E-state index in [0.29, 0.717) is 12.0 Å². The zero-order valence-electron chi connectivity index (χ0n) is 11.6.